The van der Waals surface area contributed by atoms with Crippen LogP contribution in [0.3, 0.4) is 0 Å². The number of nitrogen functional groups attached to an aromatic ring is 1. The van der Waals surface area contributed by atoms with E-state index in [-0.39, 0.29) is 5.56 Å². The maximum absolute atomic E-state index is 13.5. The van der Waals surface area contributed by atoms with E-state index in [1.807, 2.05) is 49.3 Å². The third kappa shape index (κ3) is 3.78. The molecule has 152 valence electrons. The van der Waals surface area contributed by atoms with E-state index in [0.717, 1.165) is 29.1 Å². The van der Waals surface area contributed by atoms with Crippen molar-refractivity contribution in [3.63, 3.8) is 0 Å². The smallest absolute Gasteiger partial charge is 0.276 e. The van der Waals surface area contributed by atoms with Crippen molar-refractivity contribution < 1.29 is 4.74 Å². The normalized spacial score (nSPS) is 11.7. The Kier molecular flexibility index (Phi) is 6.08. The van der Waals surface area contributed by atoms with Crippen LogP contribution in [-0.4, -0.2) is 35.7 Å². The molecule has 3 aromatic rings. The van der Waals surface area contributed by atoms with Gasteiger partial charge in [-0.1, -0.05) is 19.6 Å². The van der Waals surface area contributed by atoms with E-state index in [2.05, 4.69) is 13.5 Å². The van der Waals surface area contributed by atoms with Gasteiger partial charge in [0.05, 0.1) is 23.4 Å². The van der Waals surface area contributed by atoms with E-state index >= 15 is 0 Å². The third-order valence-corrected chi connectivity index (χ3v) is 5.62. The molecule has 7 heteroatoms. The molecule has 2 N–H and O–H groups in total. The van der Waals surface area contributed by atoms with Crippen molar-refractivity contribution in [3.05, 3.63) is 64.7 Å². The summed E-state index contributed by atoms with van der Waals surface area (Å²) in [5, 5.41) is 0.571. The lowest BCUT2D eigenvalue weighted by molar-refractivity contribution is 0.414. The topological polar surface area (TPSA) is 73.4 Å². The first-order chi connectivity index (χ1) is 13.9. The van der Waals surface area contributed by atoms with Gasteiger partial charge in [-0.3, -0.25) is 9.36 Å². The SMILES string of the molecule is C=C/C=C(\c1c(N)sc2c(=O)n(-c3ccc(OC)cc3)c(CCC)nc12)N(C)C. The first-order valence-corrected chi connectivity index (χ1v) is 10.2. The molecule has 29 heavy (non-hydrogen) atoms. The number of aryl methyl sites for hydroxylation is 1. The molecule has 0 fully saturated rings. The Hall–Kier alpha value is -3.06. The molecule has 0 radical (unpaired) electrons. The fourth-order valence-corrected chi connectivity index (χ4v) is 4.24. The predicted octanol–water partition coefficient (Wildman–Crippen LogP) is 4.08. The van der Waals surface area contributed by atoms with E-state index in [4.69, 9.17) is 15.5 Å². The Morgan fingerprint density at radius 2 is 2.03 bits per heavy atom. The van der Waals surface area contributed by atoms with Gasteiger partial charge in [-0.15, -0.1) is 11.3 Å². The van der Waals surface area contributed by atoms with Crippen molar-refractivity contribution >= 4 is 32.3 Å². The van der Waals surface area contributed by atoms with Crippen LogP contribution in [0, 0.1) is 0 Å². The van der Waals surface area contributed by atoms with E-state index in [0.29, 0.717) is 27.5 Å². The molecule has 2 aromatic heterocycles. The van der Waals surface area contributed by atoms with Crippen LogP contribution in [0.1, 0.15) is 24.7 Å². The zero-order valence-corrected chi connectivity index (χ0v) is 18.0. The summed E-state index contributed by atoms with van der Waals surface area (Å²) in [6, 6.07) is 7.42. The molecule has 0 amide bonds. The number of ether oxygens (including phenoxy) is 1. The predicted molar refractivity (Wildman–Crippen MR) is 122 cm³/mol. The molecule has 3 rings (SSSR count). The van der Waals surface area contributed by atoms with Crippen LogP contribution in [0.5, 0.6) is 5.75 Å². The molecule has 0 spiro atoms. The summed E-state index contributed by atoms with van der Waals surface area (Å²) in [6.45, 7) is 5.87. The molecule has 0 bridgehead atoms. The summed E-state index contributed by atoms with van der Waals surface area (Å²) < 4.78 is 7.46. The highest BCUT2D eigenvalue weighted by Crippen LogP contribution is 2.36. The van der Waals surface area contributed by atoms with E-state index in [1.165, 1.54) is 11.3 Å². The number of hydrogen-bond acceptors (Lipinski definition) is 6. The second kappa shape index (κ2) is 8.53. The van der Waals surface area contributed by atoms with Crippen LogP contribution in [-0.2, 0) is 6.42 Å². The van der Waals surface area contributed by atoms with Crippen LogP contribution in [0.2, 0.25) is 0 Å². The van der Waals surface area contributed by atoms with Gasteiger partial charge in [-0.2, -0.15) is 0 Å². The molecular weight excluding hydrogens is 384 g/mol. The van der Waals surface area contributed by atoms with Gasteiger partial charge in [0.1, 0.15) is 21.8 Å². The summed E-state index contributed by atoms with van der Waals surface area (Å²) in [5.41, 5.74) is 9.31. The fraction of sp³-hybridized carbons (Fsp3) is 0.273. The zero-order chi connectivity index (χ0) is 21.1. The number of methoxy groups -OCH3 is 1. The first-order valence-electron chi connectivity index (χ1n) is 9.41. The van der Waals surface area contributed by atoms with Gasteiger partial charge in [0, 0.05) is 26.2 Å². The number of rotatable bonds is 7. The molecule has 0 unspecified atom stereocenters. The Bertz CT molecular complexity index is 1120. The quantitative estimate of drug-likeness (QED) is 0.594. The standard InChI is InChI=1S/C22H26N4O2S/c1-6-8-16(25(3)4)18-19-20(29-21(18)23)22(27)26(17(24-19)9-7-2)14-10-12-15(28-5)13-11-14/h6,8,10-13H,1,7,9,23H2,2-5H3/b16-8+. The van der Waals surface area contributed by atoms with Crippen LogP contribution in [0.4, 0.5) is 5.00 Å². The largest absolute Gasteiger partial charge is 0.497 e. The molecule has 2 heterocycles. The van der Waals surface area contributed by atoms with Crippen LogP contribution in [0.15, 0.2) is 47.8 Å². The van der Waals surface area contributed by atoms with Crippen LogP contribution in [0.25, 0.3) is 21.6 Å². The number of fused-ring (bicyclic) bond motifs is 1. The Labute approximate surface area is 174 Å². The minimum atomic E-state index is -0.108. The summed E-state index contributed by atoms with van der Waals surface area (Å²) in [5.74, 6) is 1.45. The van der Waals surface area contributed by atoms with Crippen molar-refractivity contribution in [2.24, 2.45) is 0 Å². The molecule has 0 aliphatic carbocycles. The van der Waals surface area contributed by atoms with Gasteiger partial charge in [0.25, 0.3) is 5.56 Å². The summed E-state index contributed by atoms with van der Waals surface area (Å²) in [6.07, 6.45) is 5.14. The highest BCUT2D eigenvalue weighted by atomic mass is 32.1. The van der Waals surface area contributed by atoms with Crippen LogP contribution < -0.4 is 16.0 Å². The molecule has 0 saturated heterocycles. The highest BCUT2D eigenvalue weighted by molar-refractivity contribution is 7.22. The second-order valence-electron chi connectivity index (χ2n) is 6.82. The average Bonchev–Trinajstić information content (AvgIpc) is 3.03. The van der Waals surface area contributed by atoms with E-state index in [9.17, 15) is 4.79 Å². The average molecular weight is 411 g/mol. The van der Waals surface area contributed by atoms with Gasteiger partial charge >= 0.3 is 0 Å². The number of benzene rings is 1. The highest BCUT2D eigenvalue weighted by Gasteiger charge is 2.22. The van der Waals surface area contributed by atoms with Gasteiger partial charge in [0.2, 0.25) is 0 Å². The number of hydrogen-bond donors (Lipinski definition) is 1. The minimum absolute atomic E-state index is 0.108. The van der Waals surface area contributed by atoms with Crippen molar-refractivity contribution in [1.82, 2.24) is 14.5 Å². The maximum Gasteiger partial charge on any atom is 0.276 e. The Balaban J connectivity index is 2.34. The summed E-state index contributed by atoms with van der Waals surface area (Å²) in [7, 11) is 5.49. The fourth-order valence-electron chi connectivity index (χ4n) is 3.29. The summed E-state index contributed by atoms with van der Waals surface area (Å²) in [4.78, 5) is 20.4. The Morgan fingerprint density at radius 3 is 2.59 bits per heavy atom. The van der Waals surface area contributed by atoms with Gasteiger partial charge in [-0.05, 0) is 36.8 Å². The van der Waals surface area contributed by atoms with Crippen molar-refractivity contribution in [1.29, 1.82) is 0 Å². The Morgan fingerprint density at radius 1 is 1.34 bits per heavy atom. The zero-order valence-electron chi connectivity index (χ0n) is 17.2. The lowest BCUT2D eigenvalue weighted by atomic mass is 10.1. The lowest BCUT2D eigenvalue weighted by Crippen LogP contribution is -2.23. The lowest BCUT2D eigenvalue weighted by Gasteiger charge is -2.18. The molecule has 0 saturated carbocycles. The summed E-state index contributed by atoms with van der Waals surface area (Å²) >= 11 is 1.28. The van der Waals surface area contributed by atoms with Crippen molar-refractivity contribution in [2.75, 3.05) is 26.9 Å². The number of aromatic nitrogens is 2. The molecule has 6 nitrogen and oxygen atoms in total. The number of anilines is 1. The van der Waals surface area contributed by atoms with Crippen molar-refractivity contribution in [3.8, 4) is 11.4 Å². The van der Waals surface area contributed by atoms with Gasteiger partial charge in [-0.25, -0.2) is 4.98 Å². The second-order valence-corrected chi connectivity index (χ2v) is 7.87. The van der Waals surface area contributed by atoms with E-state index < -0.39 is 0 Å². The molecule has 0 atom stereocenters. The van der Waals surface area contributed by atoms with Crippen molar-refractivity contribution in [2.45, 2.75) is 19.8 Å². The van der Waals surface area contributed by atoms with E-state index in [1.54, 1.807) is 17.8 Å². The minimum Gasteiger partial charge on any atom is -0.497 e. The van der Waals surface area contributed by atoms with Gasteiger partial charge in [0.15, 0.2) is 0 Å². The third-order valence-electron chi connectivity index (χ3n) is 4.62. The number of thiophene rings is 1. The molecule has 0 aliphatic rings. The molecule has 1 aromatic carbocycles. The maximum atomic E-state index is 13.5. The van der Waals surface area contributed by atoms with Crippen LogP contribution >= 0.6 is 11.3 Å². The first kappa shape index (κ1) is 20.7. The monoisotopic (exact) mass is 410 g/mol. The molecular formula is C22H26N4O2S. The number of nitrogens with two attached hydrogens (primary N) is 1. The van der Waals surface area contributed by atoms with Gasteiger partial charge < -0.3 is 15.4 Å². The number of nitrogens with zero attached hydrogens (tertiary/aromatic N) is 3. The molecule has 0 aliphatic heterocycles. The number of allylic oxidation sites excluding steroid dienone is 2.